The number of imide groups is 1. The number of rotatable bonds is 6. The average Bonchev–Trinajstić information content (AvgIpc) is 3.01. The molecule has 0 aliphatic carbocycles. The van der Waals surface area contributed by atoms with Gasteiger partial charge < -0.3 is 10.6 Å². The van der Waals surface area contributed by atoms with Crippen molar-refractivity contribution in [2.24, 2.45) is 0 Å². The van der Waals surface area contributed by atoms with Gasteiger partial charge in [-0.05, 0) is 34.7 Å². The number of hydrogen-bond acceptors (Lipinski definition) is 3. The zero-order valence-electron chi connectivity index (χ0n) is 17.6. The van der Waals surface area contributed by atoms with Crippen molar-refractivity contribution in [1.29, 1.82) is 0 Å². The molecule has 1 aliphatic rings. The normalized spacial score (nSPS) is 19.4. The summed E-state index contributed by atoms with van der Waals surface area (Å²) < 4.78 is 0. The summed E-state index contributed by atoms with van der Waals surface area (Å²) in [5.74, 6) is -0.678. The van der Waals surface area contributed by atoms with E-state index in [1.54, 1.807) is 6.92 Å². The van der Waals surface area contributed by atoms with E-state index in [0.29, 0.717) is 12.1 Å². The van der Waals surface area contributed by atoms with Gasteiger partial charge in [0.1, 0.15) is 12.1 Å². The third-order valence-corrected chi connectivity index (χ3v) is 5.88. The molecule has 4 amide bonds. The largest absolute Gasteiger partial charge is 0.354 e. The van der Waals surface area contributed by atoms with E-state index in [2.05, 4.69) is 10.6 Å². The molecule has 1 aliphatic heterocycles. The lowest BCUT2D eigenvalue weighted by atomic mass is 9.88. The smallest absolute Gasteiger partial charge is 0.325 e. The van der Waals surface area contributed by atoms with Crippen LogP contribution >= 0.6 is 0 Å². The third kappa shape index (κ3) is 3.89. The van der Waals surface area contributed by atoms with E-state index in [1.807, 2.05) is 79.7 Å². The van der Waals surface area contributed by atoms with E-state index < -0.39 is 17.5 Å². The second-order valence-corrected chi connectivity index (χ2v) is 8.09. The minimum atomic E-state index is -1.23. The number of fused-ring (bicyclic) bond motifs is 1. The van der Waals surface area contributed by atoms with Crippen LogP contribution in [0.3, 0.4) is 0 Å². The predicted molar refractivity (Wildman–Crippen MR) is 119 cm³/mol. The van der Waals surface area contributed by atoms with Crippen LogP contribution in [-0.2, 0) is 15.1 Å². The summed E-state index contributed by atoms with van der Waals surface area (Å²) >= 11 is 0. The highest BCUT2D eigenvalue weighted by molar-refractivity contribution is 6.10. The molecule has 6 heteroatoms. The Balaban J connectivity index is 1.47. The molecular weight excluding hydrogens is 390 g/mol. The van der Waals surface area contributed by atoms with E-state index in [0.717, 1.165) is 21.2 Å². The first-order chi connectivity index (χ1) is 14.9. The molecule has 6 nitrogen and oxygen atoms in total. The van der Waals surface area contributed by atoms with Crippen LogP contribution < -0.4 is 10.6 Å². The molecule has 2 atom stereocenters. The number of nitrogens with one attached hydrogen (secondary N) is 2. The number of urea groups is 1. The van der Waals surface area contributed by atoms with Crippen molar-refractivity contribution >= 4 is 28.6 Å². The Labute approximate surface area is 181 Å². The Morgan fingerprint density at radius 2 is 1.68 bits per heavy atom. The number of nitrogens with zero attached hydrogens (tertiary/aromatic N) is 1. The summed E-state index contributed by atoms with van der Waals surface area (Å²) in [6, 6.07) is 22.7. The van der Waals surface area contributed by atoms with Gasteiger partial charge in [-0.15, -0.1) is 0 Å². The average molecular weight is 415 g/mol. The molecule has 3 aromatic carbocycles. The molecular formula is C25H25N3O3. The molecule has 0 aromatic heterocycles. The highest BCUT2D eigenvalue weighted by Crippen LogP contribution is 2.33. The summed E-state index contributed by atoms with van der Waals surface area (Å²) in [4.78, 5) is 39.3. The van der Waals surface area contributed by atoms with E-state index in [4.69, 9.17) is 0 Å². The monoisotopic (exact) mass is 415 g/mol. The fourth-order valence-corrected chi connectivity index (χ4v) is 4.05. The first-order valence-electron chi connectivity index (χ1n) is 10.3. The van der Waals surface area contributed by atoms with Crippen molar-refractivity contribution in [3.8, 4) is 0 Å². The van der Waals surface area contributed by atoms with Gasteiger partial charge >= 0.3 is 6.03 Å². The Morgan fingerprint density at radius 3 is 2.45 bits per heavy atom. The first kappa shape index (κ1) is 20.6. The second kappa shape index (κ2) is 8.22. The summed E-state index contributed by atoms with van der Waals surface area (Å²) in [6.45, 7) is 3.81. The zero-order chi connectivity index (χ0) is 22.0. The van der Waals surface area contributed by atoms with Crippen LogP contribution in [0, 0.1) is 0 Å². The van der Waals surface area contributed by atoms with Crippen LogP contribution in [0.25, 0.3) is 10.8 Å². The van der Waals surface area contributed by atoms with Crippen LogP contribution in [0.4, 0.5) is 4.79 Å². The van der Waals surface area contributed by atoms with Gasteiger partial charge in [0.15, 0.2) is 0 Å². The van der Waals surface area contributed by atoms with Gasteiger partial charge in [0, 0.05) is 6.54 Å². The topological polar surface area (TPSA) is 78.5 Å². The van der Waals surface area contributed by atoms with Crippen molar-refractivity contribution in [1.82, 2.24) is 15.5 Å². The van der Waals surface area contributed by atoms with Gasteiger partial charge in [-0.1, -0.05) is 79.7 Å². The van der Waals surface area contributed by atoms with E-state index >= 15 is 0 Å². The molecule has 4 rings (SSSR count). The maximum atomic E-state index is 13.2. The zero-order valence-corrected chi connectivity index (χ0v) is 17.6. The van der Waals surface area contributed by atoms with Crippen molar-refractivity contribution in [2.75, 3.05) is 13.1 Å². The standard InChI is InChI=1S/C25H25N3O3/c1-17(18-9-4-3-5-10-18)15-26-22(29)16-28-23(30)25(2,27-24(28)31)21-14-8-12-19-11-6-7-13-20(19)21/h3-14,17H,15-16H2,1-2H3,(H,26,29)(H,27,31)/t17-,25-/m1/s1. The quantitative estimate of drug-likeness (QED) is 0.605. The fraction of sp³-hybridized carbons (Fsp3) is 0.240. The molecule has 1 saturated heterocycles. The maximum Gasteiger partial charge on any atom is 0.325 e. The number of amides is 4. The van der Waals surface area contributed by atoms with Gasteiger partial charge in [-0.3, -0.25) is 14.5 Å². The van der Waals surface area contributed by atoms with Gasteiger partial charge in [0.2, 0.25) is 5.91 Å². The lowest BCUT2D eigenvalue weighted by molar-refractivity contribution is -0.134. The van der Waals surface area contributed by atoms with Crippen LogP contribution in [0.15, 0.2) is 72.8 Å². The molecule has 31 heavy (non-hydrogen) atoms. The molecule has 0 radical (unpaired) electrons. The second-order valence-electron chi connectivity index (χ2n) is 8.09. The number of carbonyl (C=O) groups is 3. The van der Waals surface area contributed by atoms with Crippen LogP contribution in [0.5, 0.6) is 0 Å². The van der Waals surface area contributed by atoms with Crippen molar-refractivity contribution in [3.05, 3.63) is 83.9 Å². The van der Waals surface area contributed by atoms with Crippen LogP contribution in [-0.4, -0.2) is 35.8 Å². The highest BCUT2D eigenvalue weighted by Gasteiger charge is 2.50. The van der Waals surface area contributed by atoms with Crippen LogP contribution in [0.2, 0.25) is 0 Å². The lowest BCUT2D eigenvalue weighted by Crippen LogP contribution is -2.43. The van der Waals surface area contributed by atoms with E-state index in [1.165, 1.54) is 0 Å². The Kier molecular flexibility index (Phi) is 5.46. The Hall–Kier alpha value is -3.67. The van der Waals surface area contributed by atoms with Crippen molar-refractivity contribution in [2.45, 2.75) is 25.3 Å². The molecule has 0 unspecified atom stereocenters. The summed E-state index contributed by atoms with van der Waals surface area (Å²) in [7, 11) is 0. The lowest BCUT2D eigenvalue weighted by Gasteiger charge is -2.24. The first-order valence-corrected chi connectivity index (χ1v) is 10.3. The van der Waals surface area contributed by atoms with Gasteiger partial charge in [-0.2, -0.15) is 0 Å². The number of carbonyl (C=O) groups excluding carboxylic acids is 3. The summed E-state index contributed by atoms with van der Waals surface area (Å²) in [5, 5.41) is 7.50. The number of benzene rings is 3. The molecule has 1 heterocycles. The Morgan fingerprint density at radius 1 is 1.00 bits per heavy atom. The molecule has 0 spiro atoms. The highest BCUT2D eigenvalue weighted by atomic mass is 16.2. The van der Waals surface area contributed by atoms with Crippen LogP contribution in [0.1, 0.15) is 30.9 Å². The molecule has 1 fully saturated rings. The molecule has 3 aromatic rings. The predicted octanol–water partition coefficient (Wildman–Crippen LogP) is 3.53. The van der Waals surface area contributed by atoms with Gasteiger partial charge in [0.05, 0.1) is 0 Å². The third-order valence-electron chi connectivity index (χ3n) is 5.88. The SMILES string of the molecule is C[C@H](CNC(=O)CN1C(=O)N[C@](C)(c2cccc3ccccc23)C1=O)c1ccccc1. The maximum absolute atomic E-state index is 13.2. The number of hydrogen-bond donors (Lipinski definition) is 2. The van der Waals surface area contributed by atoms with Gasteiger partial charge in [0.25, 0.3) is 5.91 Å². The molecule has 0 bridgehead atoms. The summed E-state index contributed by atoms with van der Waals surface area (Å²) in [5.41, 5.74) is 0.598. The fourth-order valence-electron chi connectivity index (χ4n) is 4.05. The summed E-state index contributed by atoms with van der Waals surface area (Å²) in [6.07, 6.45) is 0. The Bertz CT molecular complexity index is 1140. The molecule has 0 saturated carbocycles. The minimum absolute atomic E-state index is 0.120. The van der Waals surface area contributed by atoms with E-state index in [9.17, 15) is 14.4 Å². The minimum Gasteiger partial charge on any atom is -0.354 e. The van der Waals surface area contributed by atoms with Crippen molar-refractivity contribution < 1.29 is 14.4 Å². The van der Waals surface area contributed by atoms with E-state index in [-0.39, 0.29) is 18.4 Å². The molecule has 2 N–H and O–H groups in total. The van der Waals surface area contributed by atoms with Gasteiger partial charge in [-0.25, -0.2) is 4.79 Å². The molecule has 158 valence electrons. The van der Waals surface area contributed by atoms with Crippen molar-refractivity contribution in [3.63, 3.8) is 0 Å².